The van der Waals surface area contributed by atoms with E-state index in [0.717, 1.165) is 25.1 Å². The number of rotatable bonds is 8. The summed E-state index contributed by atoms with van der Waals surface area (Å²) in [6.45, 7) is 6.59. The molecule has 1 rings (SSSR count). The van der Waals surface area contributed by atoms with E-state index in [1.54, 1.807) is 23.3 Å². The van der Waals surface area contributed by atoms with Crippen LogP contribution in [0.3, 0.4) is 0 Å². The Morgan fingerprint density at radius 3 is 2.65 bits per heavy atom. The predicted molar refractivity (Wildman–Crippen MR) is 78.1 cm³/mol. The molecule has 0 unspecified atom stereocenters. The van der Waals surface area contributed by atoms with E-state index in [9.17, 15) is 13.2 Å². The molecule has 0 saturated heterocycles. The highest BCUT2D eigenvalue weighted by molar-refractivity contribution is 7.12. The van der Waals surface area contributed by atoms with Crippen molar-refractivity contribution in [2.75, 3.05) is 20.1 Å². The fourth-order valence-electron chi connectivity index (χ4n) is 1.91. The van der Waals surface area contributed by atoms with Gasteiger partial charge in [0.1, 0.15) is 0 Å². The van der Waals surface area contributed by atoms with Crippen molar-refractivity contribution >= 4 is 11.3 Å². The van der Waals surface area contributed by atoms with E-state index in [4.69, 9.17) is 0 Å². The number of hydrogen-bond acceptors (Lipinski definition) is 3. The fourth-order valence-corrected chi connectivity index (χ4v) is 2.93. The molecule has 0 aliphatic carbocycles. The molecule has 0 atom stereocenters. The molecule has 1 N–H and O–H groups in total. The summed E-state index contributed by atoms with van der Waals surface area (Å²) in [4.78, 5) is 4.17. The van der Waals surface area contributed by atoms with E-state index in [-0.39, 0.29) is 6.54 Å². The quantitative estimate of drug-likeness (QED) is 0.732. The van der Waals surface area contributed by atoms with Crippen LogP contribution in [0, 0.1) is 6.92 Å². The van der Waals surface area contributed by atoms with Gasteiger partial charge in [-0.1, -0.05) is 6.92 Å². The van der Waals surface area contributed by atoms with Crippen LogP contribution in [0.1, 0.15) is 35.1 Å². The molecule has 0 amide bonds. The monoisotopic (exact) mass is 308 g/mol. The van der Waals surface area contributed by atoms with E-state index in [0.29, 0.717) is 6.54 Å². The van der Waals surface area contributed by atoms with Gasteiger partial charge in [-0.3, -0.25) is 0 Å². The third-order valence-electron chi connectivity index (χ3n) is 3.01. The van der Waals surface area contributed by atoms with Gasteiger partial charge in [-0.05, 0) is 38.6 Å². The van der Waals surface area contributed by atoms with Gasteiger partial charge in [-0.15, -0.1) is 11.3 Å². The Morgan fingerprint density at radius 2 is 2.05 bits per heavy atom. The van der Waals surface area contributed by atoms with Gasteiger partial charge in [0.05, 0.1) is 6.42 Å². The lowest BCUT2D eigenvalue weighted by Crippen LogP contribution is -2.24. The first-order valence-corrected chi connectivity index (χ1v) is 7.67. The van der Waals surface area contributed by atoms with Crippen LogP contribution in [0.5, 0.6) is 0 Å². The largest absolute Gasteiger partial charge is 0.390 e. The van der Waals surface area contributed by atoms with Crippen molar-refractivity contribution < 1.29 is 13.2 Å². The van der Waals surface area contributed by atoms with E-state index in [1.807, 2.05) is 6.92 Å². The van der Waals surface area contributed by atoms with E-state index < -0.39 is 12.6 Å². The molecule has 1 aromatic heterocycles. The Kier molecular flexibility index (Phi) is 6.99. The lowest BCUT2D eigenvalue weighted by Gasteiger charge is -2.17. The van der Waals surface area contributed by atoms with E-state index in [2.05, 4.69) is 18.3 Å². The summed E-state index contributed by atoms with van der Waals surface area (Å²) >= 11 is 1.72. The van der Waals surface area contributed by atoms with Gasteiger partial charge in [-0.2, -0.15) is 13.2 Å². The summed E-state index contributed by atoms with van der Waals surface area (Å²) in [7, 11) is 1.73. The van der Waals surface area contributed by atoms with Crippen LogP contribution in [0.25, 0.3) is 0 Å². The maximum atomic E-state index is 12.2. The molecule has 0 saturated carbocycles. The summed E-state index contributed by atoms with van der Waals surface area (Å²) in [5, 5.41) is 3.34. The Labute approximate surface area is 123 Å². The van der Waals surface area contributed by atoms with Crippen LogP contribution >= 0.6 is 11.3 Å². The Balaban J connectivity index is 2.46. The van der Waals surface area contributed by atoms with Gasteiger partial charge >= 0.3 is 6.18 Å². The van der Waals surface area contributed by atoms with Crippen molar-refractivity contribution in [3.63, 3.8) is 0 Å². The van der Waals surface area contributed by atoms with Gasteiger partial charge in [0.15, 0.2) is 0 Å². The van der Waals surface area contributed by atoms with Crippen molar-refractivity contribution in [2.24, 2.45) is 0 Å². The third-order valence-corrected chi connectivity index (χ3v) is 4.11. The minimum Gasteiger partial charge on any atom is -0.312 e. The van der Waals surface area contributed by atoms with Crippen LogP contribution in [0.2, 0.25) is 0 Å². The second-order valence-electron chi connectivity index (χ2n) is 5.07. The number of hydrogen-bond donors (Lipinski definition) is 1. The number of halogens is 3. The molecule has 2 nitrogen and oxygen atoms in total. The number of thiophene rings is 1. The zero-order valence-corrected chi connectivity index (χ0v) is 13.1. The molecule has 6 heteroatoms. The molecule has 0 aliphatic rings. The normalized spacial score (nSPS) is 12.3. The summed E-state index contributed by atoms with van der Waals surface area (Å²) in [5.41, 5.74) is 1.13. The number of nitrogens with one attached hydrogen (secondary N) is 1. The van der Waals surface area contributed by atoms with Crippen LogP contribution in [-0.2, 0) is 13.1 Å². The molecule has 0 radical (unpaired) electrons. The molecule has 0 aromatic carbocycles. The van der Waals surface area contributed by atoms with Crippen LogP contribution in [0.4, 0.5) is 13.2 Å². The number of alkyl halides is 3. The fraction of sp³-hybridized carbons (Fsp3) is 0.714. The van der Waals surface area contributed by atoms with Gasteiger partial charge in [-0.25, -0.2) is 0 Å². The Hall–Kier alpha value is -0.590. The van der Waals surface area contributed by atoms with E-state index >= 15 is 0 Å². The highest BCUT2D eigenvalue weighted by atomic mass is 32.1. The molecule has 20 heavy (non-hydrogen) atoms. The number of aryl methyl sites for hydroxylation is 1. The average molecular weight is 308 g/mol. The molecule has 0 bridgehead atoms. The van der Waals surface area contributed by atoms with Gasteiger partial charge in [0.2, 0.25) is 0 Å². The number of nitrogens with zero attached hydrogens (tertiary/aromatic N) is 1. The lowest BCUT2D eigenvalue weighted by molar-refractivity contribution is -0.137. The summed E-state index contributed by atoms with van der Waals surface area (Å²) in [6, 6.07) is 2.10. The standard InChI is InChI=1S/C14H23F3N2S/c1-4-6-18-9-13-8-12(11(2)20-13)10-19(3)7-5-14(15,16)17/h8,18H,4-7,9-10H2,1-3H3. The van der Waals surface area contributed by atoms with Crippen molar-refractivity contribution in [1.82, 2.24) is 10.2 Å². The smallest absolute Gasteiger partial charge is 0.312 e. The van der Waals surface area contributed by atoms with Crippen molar-refractivity contribution in [3.8, 4) is 0 Å². The molecule has 1 aromatic rings. The van der Waals surface area contributed by atoms with Crippen LogP contribution < -0.4 is 5.32 Å². The maximum absolute atomic E-state index is 12.2. The van der Waals surface area contributed by atoms with Gasteiger partial charge < -0.3 is 10.2 Å². The Bertz CT molecular complexity index is 402. The summed E-state index contributed by atoms with van der Waals surface area (Å²) < 4.78 is 36.5. The lowest BCUT2D eigenvalue weighted by atomic mass is 10.2. The molecular weight excluding hydrogens is 285 g/mol. The summed E-state index contributed by atoms with van der Waals surface area (Å²) in [6.07, 6.45) is -3.73. The molecule has 116 valence electrons. The zero-order valence-electron chi connectivity index (χ0n) is 12.3. The Morgan fingerprint density at radius 1 is 1.35 bits per heavy atom. The average Bonchev–Trinajstić information content (AvgIpc) is 2.67. The van der Waals surface area contributed by atoms with Crippen molar-refractivity contribution in [1.29, 1.82) is 0 Å². The maximum Gasteiger partial charge on any atom is 0.390 e. The zero-order chi connectivity index (χ0) is 15.2. The second-order valence-corrected chi connectivity index (χ2v) is 6.41. The van der Waals surface area contributed by atoms with E-state index in [1.165, 1.54) is 9.75 Å². The topological polar surface area (TPSA) is 15.3 Å². The van der Waals surface area contributed by atoms with Gasteiger partial charge in [0.25, 0.3) is 0 Å². The second kappa shape index (κ2) is 8.00. The minimum atomic E-state index is -4.08. The molecule has 0 spiro atoms. The highest BCUT2D eigenvalue weighted by Crippen LogP contribution is 2.24. The van der Waals surface area contributed by atoms with Crippen LogP contribution in [-0.4, -0.2) is 31.2 Å². The third kappa shape index (κ3) is 6.72. The first-order chi connectivity index (χ1) is 9.31. The molecule has 0 aliphatic heterocycles. The first-order valence-electron chi connectivity index (χ1n) is 6.86. The highest BCUT2D eigenvalue weighted by Gasteiger charge is 2.27. The molecule has 0 fully saturated rings. The first kappa shape index (κ1) is 17.5. The van der Waals surface area contributed by atoms with Crippen molar-refractivity contribution in [3.05, 3.63) is 21.4 Å². The van der Waals surface area contributed by atoms with Crippen molar-refractivity contribution in [2.45, 2.75) is 46.0 Å². The predicted octanol–water partition coefficient (Wildman–Crippen LogP) is 3.94. The van der Waals surface area contributed by atoms with Crippen LogP contribution in [0.15, 0.2) is 6.07 Å². The van der Waals surface area contributed by atoms with Gasteiger partial charge in [0, 0.05) is 29.4 Å². The minimum absolute atomic E-state index is 0.0439. The molecule has 1 heterocycles. The molecular formula is C14H23F3N2S. The summed E-state index contributed by atoms with van der Waals surface area (Å²) in [5.74, 6) is 0. The SMILES string of the molecule is CCCNCc1cc(CN(C)CCC(F)(F)F)c(C)s1.